The van der Waals surface area contributed by atoms with Gasteiger partial charge in [0, 0.05) is 56.1 Å². The normalized spacial score (nSPS) is 14.8. The van der Waals surface area contributed by atoms with Crippen molar-refractivity contribution in [3.63, 3.8) is 0 Å². The summed E-state index contributed by atoms with van der Waals surface area (Å²) in [5.74, 6) is 2.38. The number of pyridine rings is 1. The Morgan fingerprint density at radius 2 is 1.76 bits per heavy atom. The van der Waals surface area contributed by atoms with Gasteiger partial charge in [-0.2, -0.15) is 5.10 Å². The van der Waals surface area contributed by atoms with Gasteiger partial charge in [0.1, 0.15) is 11.6 Å². The summed E-state index contributed by atoms with van der Waals surface area (Å²) >= 11 is 0. The zero-order chi connectivity index (χ0) is 22.9. The van der Waals surface area contributed by atoms with Gasteiger partial charge in [-0.1, -0.05) is 0 Å². The molecule has 0 unspecified atom stereocenters. The largest absolute Gasteiger partial charge is 0.353 e. The van der Waals surface area contributed by atoms with E-state index in [4.69, 9.17) is 4.98 Å². The first-order valence-corrected chi connectivity index (χ1v) is 11.2. The molecule has 0 atom stereocenters. The Balaban J connectivity index is 1.25. The maximum absolute atomic E-state index is 12.4. The van der Waals surface area contributed by atoms with E-state index in [9.17, 15) is 4.79 Å². The van der Waals surface area contributed by atoms with Gasteiger partial charge in [-0.15, -0.1) is 5.10 Å². The number of aromatic nitrogens is 7. The maximum Gasteiger partial charge on any atom is 0.266 e. The Kier molecular flexibility index (Phi) is 5.59. The van der Waals surface area contributed by atoms with Crippen LogP contribution in [0.4, 0.5) is 5.82 Å². The Morgan fingerprint density at radius 1 is 0.939 bits per heavy atom. The number of anilines is 1. The molecule has 5 heterocycles. The minimum absolute atomic E-state index is 0.101. The van der Waals surface area contributed by atoms with Crippen molar-refractivity contribution in [2.24, 2.45) is 0 Å². The van der Waals surface area contributed by atoms with Crippen molar-refractivity contribution in [3.05, 3.63) is 64.2 Å². The van der Waals surface area contributed by atoms with Crippen molar-refractivity contribution in [2.45, 2.75) is 27.3 Å². The second kappa shape index (κ2) is 8.70. The van der Waals surface area contributed by atoms with Crippen molar-refractivity contribution in [3.8, 4) is 5.82 Å². The highest BCUT2D eigenvalue weighted by molar-refractivity contribution is 5.88. The van der Waals surface area contributed by atoms with E-state index in [1.165, 1.54) is 4.68 Å². The standard InChI is InChI=1S/C23H27N9O/c1-16-14-17(2)32(27-16)21-4-5-22(33)31(28-21)13-10-29-8-11-30(12-9-29)23-19-6-7-24-15-20(19)25-18(3)26-23/h4-7,14-15H,8-13H2,1-3H3. The molecule has 0 aliphatic carbocycles. The molecular weight excluding hydrogens is 418 g/mol. The van der Waals surface area contributed by atoms with Gasteiger partial charge in [-0.25, -0.2) is 19.3 Å². The smallest absolute Gasteiger partial charge is 0.266 e. The first-order valence-electron chi connectivity index (χ1n) is 11.2. The molecule has 10 heteroatoms. The molecule has 4 aromatic heterocycles. The summed E-state index contributed by atoms with van der Waals surface area (Å²) in [4.78, 5) is 30.4. The zero-order valence-corrected chi connectivity index (χ0v) is 19.1. The van der Waals surface area contributed by atoms with E-state index < -0.39 is 0 Å². The van der Waals surface area contributed by atoms with Gasteiger partial charge < -0.3 is 4.90 Å². The molecular formula is C23H27N9O. The fourth-order valence-electron chi connectivity index (χ4n) is 4.31. The van der Waals surface area contributed by atoms with E-state index in [0.717, 1.165) is 66.7 Å². The number of nitrogens with zero attached hydrogens (tertiary/aromatic N) is 9. The van der Waals surface area contributed by atoms with E-state index in [1.54, 1.807) is 29.2 Å². The van der Waals surface area contributed by atoms with Gasteiger partial charge in [0.2, 0.25) is 0 Å². The summed E-state index contributed by atoms with van der Waals surface area (Å²) in [5, 5.41) is 10.1. The highest BCUT2D eigenvalue weighted by Gasteiger charge is 2.20. The third-order valence-corrected chi connectivity index (χ3v) is 5.97. The van der Waals surface area contributed by atoms with Gasteiger partial charge in [0.25, 0.3) is 5.56 Å². The molecule has 1 aliphatic heterocycles. The Labute approximate surface area is 191 Å². The number of hydrogen-bond acceptors (Lipinski definition) is 8. The fraction of sp³-hybridized carbons (Fsp3) is 0.391. The zero-order valence-electron chi connectivity index (χ0n) is 19.1. The fourth-order valence-corrected chi connectivity index (χ4v) is 4.31. The summed E-state index contributed by atoms with van der Waals surface area (Å²) in [6.45, 7) is 10.6. The van der Waals surface area contributed by atoms with Crippen molar-refractivity contribution in [2.75, 3.05) is 37.6 Å². The molecule has 0 spiro atoms. The predicted octanol–water partition coefficient (Wildman–Crippen LogP) is 1.51. The summed E-state index contributed by atoms with van der Waals surface area (Å²) < 4.78 is 3.31. The number of hydrogen-bond donors (Lipinski definition) is 0. The summed E-state index contributed by atoms with van der Waals surface area (Å²) in [7, 11) is 0. The molecule has 1 fully saturated rings. The number of piperazine rings is 1. The highest BCUT2D eigenvalue weighted by atomic mass is 16.1. The molecule has 0 amide bonds. The van der Waals surface area contributed by atoms with Crippen molar-refractivity contribution in [1.82, 2.24) is 39.4 Å². The van der Waals surface area contributed by atoms with Gasteiger partial charge in [-0.3, -0.25) is 14.7 Å². The molecule has 0 radical (unpaired) electrons. The lowest BCUT2D eigenvalue weighted by Gasteiger charge is -2.35. The molecule has 170 valence electrons. The monoisotopic (exact) mass is 445 g/mol. The summed E-state index contributed by atoms with van der Waals surface area (Å²) in [6, 6.07) is 7.26. The van der Waals surface area contributed by atoms with Crippen molar-refractivity contribution < 1.29 is 0 Å². The van der Waals surface area contributed by atoms with E-state index in [1.807, 2.05) is 32.9 Å². The predicted molar refractivity (Wildman–Crippen MR) is 126 cm³/mol. The maximum atomic E-state index is 12.4. The van der Waals surface area contributed by atoms with Crippen LogP contribution >= 0.6 is 0 Å². The Bertz CT molecular complexity index is 1350. The minimum atomic E-state index is -0.101. The van der Waals surface area contributed by atoms with E-state index in [2.05, 4.69) is 30.0 Å². The topological polar surface area (TPSA) is 97.9 Å². The van der Waals surface area contributed by atoms with Crippen LogP contribution in [-0.4, -0.2) is 72.1 Å². The van der Waals surface area contributed by atoms with Gasteiger partial charge >= 0.3 is 0 Å². The van der Waals surface area contributed by atoms with Gasteiger partial charge in [0.15, 0.2) is 5.82 Å². The second-order valence-electron chi connectivity index (χ2n) is 8.41. The van der Waals surface area contributed by atoms with Gasteiger partial charge in [-0.05, 0) is 39.0 Å². The third-order valence-electron chi connectivity index (χ3n) is 5.97. The lowest BCUT2D eigenvalue weighted by atomic mass is 10.2. The molecule has 10 nitrogen and oxygen atoms in total. The quantitative estimate of drug-likeness (QED) is 0.456. The second-order valence-corrected chi connectivity index (χ2v) is 8.41. The number of aryl methyl sites for hydroxylation is 3. The summed E-state index contributed by atoms with van der Waals surface area (Å²) in [5.41, 5.74) is 2.68. The van der Waals surface area contributed by atoms with Crippen LogP contribution in [0.25, 0.3) is 16.7 Å². The SMILES string of the molecule is Cc1cc(C)n(-c2ccc(=O)n(CCN3CCN(c4nc(C)nc5cnccc45)CC3)n2)n1. The van der Waals surface area contributed by atoms with E-state index in [-0.39, 0.29) is 5.56 Å². The van der Waals surface area contributed by atoms with E-state index in [0.29, 0.717) is 12.4 Å². The van der Waals surface area contributed by atoms with Crippen LogP contribution in [0.15, 0.2) is 41.5 Å². The van der Waals surface area contributed by atoms with Crippen LogP contribution in [-0.2, 0) is 6.54 Å². The molecule has 33 heavy (non-hydrogen) atoms. The lowest BCUT2D eigenvalue weighted by Crippen LogP contribution is -2.48. The van der Waals surface area contributed by atoms with Crippen molar-refractivity contribution in [1.29, 1.82) is 0 Å². The first-order chi connectivity index (χ1) is 16.0. The van der Waals surface area contributed by atoms with Crippen LogP contribution in [0.2, 0.25) is 0 Å². The van der Waals surface area contributed by atoms with Crippen LogP contribution in [0.5, 0.6) is 0 Å². The lowest BCUT2D eigenvalue weighted by molar-refractivity contribution is 0.242. The highest BCUT2D eigenvalue weighted by Crippen LogP contribution is 2.24. The van der Waals surface area contributed by atoms with Crippen LogP contribution in [0.3, 0.4) is 0 Å². The molecule has 1 aliphatic rings. The summed E-state index contributed by atoms with van der Waals surface area (Å²) in [6.07, 6.45) is 3.57. The molecule has 0 bridgehead atoms. The third kappa shape index (κ3) is 4.34. The molecule has 0 aromatic carbocycles. The molecule has 1 saturated heterocycles. The number of rotatable bonds is 5. The van der Waals surface area contributed by atoms with Crippen LogP contribution in [0, 0.1) is 20.8 Å². The Hall–Kier alpha value is -3.66. The number of fused-ring (bicyclic) bond motifs is 1. The molecule has 0 saturated carbocycles. The Morgan fingerprint density at radius 3 is 2.52 bits per heavy atom. The molecule has 5 rings (SSSR count). The van der Waals surface area contributed by atoms with Crippen LogP contribution in [0.1, 0.15) is 17.2 Å². The minimum Gasteiger partial charge on any atom is -0.353 e. The average Bonchev–Trinajstić information content (AvgIpc) is 3.16. The first kappa shape index (κ1) is 21.2. The molecule has 0 N–H and O–H groups in total. The van der Waals surface area contributed by atoms with E-state index >= 15 is 0 Å². The molecule has 4 aromatic rings. The average molecular weight is 446 g/mol. The van der Waals surface area contributed by atoms with Gasteiger partial charge in [0.05, 0.1) is 24.0 Å². The van der Waals surface area contributed by atoms with Crippen LogP contribution < -0.4 is 10.5 Å². The van der Waals surface area contributed by atoms with Crippen molar-refractivity contribution >= 4 is 16.7 Å².